The second-order valence-corrected chi connectivity index (χ2v) is 40.6. The normalized spacial score (nSPS) is 21.1. The largest absolute Gasteiger partial charge is 0.147 e. The molecule has 4 rings (SSSR count). The zero-order valence-corrected chi connectivity index (χ0v) is 29.6. The summed E-state index contributed by atoms with van der Waals surface area (Å²) < 4.78 is 12.5. The van der Waals surface area contributed by atoms with Crippen molar-refractivity contribution in [2.75, 3.05) is 0 Å². The van der Waals surface area contributed by atoms with Gasteiger partial charge in [0.15, 0.2) is 0 Å². The summed E-state index contributed by atoms with van der Waals surface area (Å²) in [6, 6.07) is 16.3. The van der Waals surface area contributed by atoms with E-state index in [2.05, 4.69) is 110 Å². The minimum absolute atomic E-state index is 0. The SMILES string of the molecule is CCc1cccc2c1C(O[Si](C)(C)C)=C([SiH](C)C)C2[C]1([Zr]([CH3])([CH3])=[SiH2])C=Cc2ccccc21.Cl.Cl. The van der Waals surface area contributed by atoms with Crippen molar-refractivity contribution in [2.45, 2.75) is 64.4 Å². The maximum absolute atomic E-state index is 7.03. The molecule has 2 aromatic rings. The first-order chi connectivity index (χ1) is 14.9. The molecule has 0 saturated carbocycles. The number of fused-ring (bicyclic) bond motifs is 2. The molecule has 0 aromatic heterocycles. The quantitative estimate of drug-likeness (QED) is 0.302. The molecule has 0 amide bonds. The Balaban J connectivity index is 0.00000204. The van der Waals surface area contributed by atoms with Crippen LogP contribution in [-0.4, -0.2) is 24.0 Å². The first-order valence-electron chi connectivity index (χ1n) is 12.1. The van der Waals surface area contributed by atoms with Crippen LogP contribution >= 0.6 is 24.8 Å². The summed E-state index contributed by atoms with van der Waals surface area (Å²) in [5, 5.41) is 1.68. The molecule has 1 nitrogen and oxygen atoms in total. The topological polar surface area (TPSA) is 9.23 Å². The summed E-state index contributed by atoms with van der Waals surface area (Å²) in [7, 11) is -2.91. The Kier molecular flexibility index (Phi) is 9.44. The number of aryl methyl sites for hydroxylation is 1. The van der Waals surface area contributed by atoms with E-state index in [4.69, 9.17) is 4.43 Å². The third kappa shape index (κ3) is 4.87. The van der Waals surface area contributed by atoms with E-state index in [1.807, 2.05) is 0 Å². The number of allylic oxidation sites excluding steroid dienone is 2. The van der Waals surface area contributed by atoms with Gasteiger partial charge in [0.25, 0.3) is 0 Å². The van der Waals surface area contributed by atoms with Gasteiger partial charge < -0.3 is 0 Å². The van der Waals surface area contributed by atoms with Crippen LogP contribution in [0.1, 0.15) is 40.7 Å². The molecule has 7 heteroatoms. The number of rotatable bonds is 6. The fourth-order valence-corrected chi connectivity index (χ4v) is 18.5. The van der Waals surface area contributed by atoms with Crippen molar-refractivity contribution in [3.63, 3.8) is 0 Å². The van der Waals surface area contributed by atoms with Crippen molar-refractivity contribution in [1.82, 2.24) is 0 Å². The van der Waals surface area contributed by atoms with Crippen LogP contribution in [0.5, 0.6) is 0 Å². The van der Waals surface area contributed by atoms with Crippen LogP contribution in [0.25, 0.3) is 11.8 Å². The van der Waals surface area contributed by atoms with Gasteiger partial charge in [0.05, 0.1) is 0 Å². The number of benzene rings is 2. The average Bonchev–Trinajstić information content (AvgIpc) is 3.23. The van der Waals surface area contributed by atoms with E-state index in [0.29, 0.717) is 5.92 Å². The van der Waals surface area contributed by atoms with Gasteiger partial charge in [-0.25, -0.2) is 0 Å². The molecule has 2 aromatic carbocycles. The van der Waals surface area contributed by atoms with Crippen LogP contribution in [0.2, 0.25) is 42.0 Å². The minimum atomic E-state index is -2.58. The molecule has 2 unspecified atom stereocenters. The van der Waals surface area contributed by atoms with Gasteiger partial charge in [-0.05, 0) is 0 Å². The van der Waals surface area contributed by atoms with E-state index in [1.54, 1.807) is 16.3 Å². The van der Waals surface area contributed by atoms with Crippen LogP contribution in [0.4, 0.5) is 0 Å². The smallest absolute Gasteiger partial charge is 0.147 e. The zero-order valence-electron chi connectivity index (χ0n) is 22.0. The van der Waals surface area contributed by atoms with E-state index >= 15 is 0 Å². The van der Waals surface area contributed by atoms with Crippen LogP contribution < -0.4 is 0 Å². The van der Waals surface area contributed by atoms with Gasteiger partial charge in [0.2, 0.25) is 0 Å². The van der Waals surface area contributed by atoms with Gasteiger partial charge in [0, 0.05) is 0 Å². The maximum atomic E-state index is 7.03. The van der Waals surface area contributed by atoms with Gasteiger partial charge in [-0.3, -0.25) is 0 Å². The molecular weight excluding hydrogens is 587 g/mol. The monoisotopic (exact) mass is 625 g/mol. The molecule has 2 aliphatic carbocycles. The Morgan fingerprint density at radius 1 is 1.03 bits per heavy atom. The summed E-state index contributed by atoms with van der Waals surface area (Å²) >= 11 is -2.58. The molecule has 0 spiro atoms. The van der Waals surface area contributed by atoms with Gasteiger partial charge in [0.1, 0.15) is 0 Å². The van der Waals surface area contributed by atoms with Crippen molar-refractivity contribution in [2.24, 2.45) is 0 Å². The van der Waals surface area contributed by atoms with Crippen molar-refractivity contribution in [3.8, 4) is 0 Å². The molecule has 0 radical (unpaired) electrons. The van der Waals surface area contributed by atoms with Gasteiger partial charge in [-0.2, -0.15) is 0 Å². The molecule has 34 heavy (non-hydrogen) atoms. The second-order valence-electron chi connectivity index (χ2n) is 11.5. The van der Waals surface area contributed by atoms with E-state index in [0.717, 1.165) is 6.42 Å². The summed E-state index contributed by atoms with van der Waals surface area (Å²) in [6.45, 7) is 16.7. The molecule has 0 aliphatic heterocycles. The van der Waals surface area contributed by atoms with Crippen molar-refractivity contribution in [3.05, 3.63) is 81.6 Å². The summed E-state index contributed by atoms with van der Waals surface area (Å²) in [6.07, 6.45) is 6.13. The van der Waals surface area contributed by atoms with Gasteiger partial charge >= 0.3 is 205 Å². The molecule has 2 atom stereocenters. The zero-order chi connectivity index (χ0) is 23.5. The van der Waals surface area contributed by atoms with Crippen LogP contribution in [0.3, 0.4) is 0 Å². The molecule has 0 N–H and O–H groups in total. The Bertz CT molecular complexity index is 1180. The number of hydrogen-bond donors (Lipinski definition) is 0. The number of hydrogen-bond acceptors (Lipinski definition) is 1. The number of halogens is 2. The minimum Gasteiger partial charge on any atom is -0.147 e. The van der Waals surface area contributed by atoms with E-state index in [1.165, 1.54) is 22.4 Å². The molecule has 0 fully saturated rings. The molecule has 0 heterocycles. The predicted molar refractivity (Wildman–Crippen MR) is 161 cm³/mol. The standard InChI is InChI=1S/C25H31OSi2.2CH3.2ClH.H2Si.Zr/c1-7-17-12-10-14-21-22(17)24(26-28(4,5)6)25(27(2)3)23(21)20-16-15-18-11-8-9-13-19(18)20;;;;;;/h8-16,23,27H,7H2,1-6H3;2*1H3;2*1H;1H2;. The predicted octanol–water partition coefficient (Wildman–Crippen LogP) is 7.50. The van der Waals surface area contributed by atoms with Gasteiger partial charge in [-0.15, -0.1) is 24.8 Å². The molecule has 2 aliphatic rings. The van der Waals surface area contributed by atoms with Crippen LogP contribution in [-0.2, 0) is 32.9 Å². The molecule has 0 bridgehead atoms. The Morgan fingerprint density at radius 3 is 2.24 bits per heavy atom. The molecule has 0 saturated heterocycles. The first kappa shape index (κ1) is 30.1. The Labute approximate surface area is 228 Å². The third-order valence-electron chi connectivity index (χ3n) is 7.21. The van der Waals surface area contributed by atoms with Crippen LogP contribution in [0, 0.1) is 0 Å². The van der Waals surface area contributed by atoms with Crippen molar-refractivity contribution >= 4 is 60.6 Å². The van der Waals surface area contributed by atoms with Gasteiger partial charge in [-0.1, -0.05) is 0 Å². The Hall–Kier alpha value is -0.166. The summed E-state index contributed by atoms with van der Waals surface area (Å²) in [5.74, 6) is 1.73. The van der Waals surface area contributed by atoms with Crippen molar-refractivity contribution < 1.29 is 23.3 Å². The molecule has 185 valence electrons. The van der Waals surface area contributed by atoms with Crippen molar-refractivity contribution in [1.29, 1.82) is 0 Å². The third-order valence-corrected chi connectivity index (χ3v) is 20.6. The first-order valence-corrected chi connectivity index (χ1v) is 30.5. The van der Waals surface area contributed by atoms with Crippen LogP contribution in [0.15, 0.2) is 53.7 Å². The fourth-order valence-electron chi connectivity index (χ4n) is 5.94. The maximum Gasteiger partial charge on any atom is -0.147 e. The van der Waals surface area contributed by atoms with E-state index in [9.17, 15) is 0 Å². The summed E-state index contributed by atoms with van der Waals surface area (Å²) in [5.41, 5.74) is 7.47. The second kappa shape index (κ2) is 10.7. The fraction of sp³-hybridized carbons (Fsp3) is 0.407. The molecular formula is C27H41Cl2OSi3Zr. The van der Waals surface area contributed by atoms with E-state index in [-0.39, 0.29) is 27.9 Å². The van der Waals surface area contributed by atoms with E-state index < -0.39 is 36.0 Å². The summed E-state index contributed by atoms with van der Waals surface area (Å²) in [4.78, 5) is 0. The average molecular weight is 628 g/mol. The Morgan fingerprint density at radius 2 is 1.68 bits per heavy atom.